The van der Waals surface area contributed by atoms with Gasteiger partial charge >= 0.3 is 0 Å². The van der Waals surface area contributed by atoms with Crippen LogP contribution >= 0.6 is 24.0 Å². The summed E-state index contributed by atoms with van der Waals surface area (Å²) in [5.74, 6) is 0.625. The van der Waals surface area contributed by atoms with Gasteiger partial charge in [0.05, 0.1) is 10.5 Å². The van der Waals surface area contributed by atoms with Gasteiger partial charge in [-0.2, -0.15) is 0 Å². The molecule has 0 bridgehead atoms. The second-order valence-corrected chi connectivity index (χ2v) is 9.07. The molecule has 31 heavy (non-hydrogen) atoms. The zero-order valence-corrected chi connectivity index (χ0v) is 19.2. The van der Waals surface area contributed by atoms with Gasteiger partial charge in [-0.15, -0.1) is 12.4 Å². The highest BCUT2D eigenvalue weighted by Crippen LogP contribution is 2.29. The van der Waals surface area contributed by atoms with Gasteiger partial charge in [0.1, 0.15) is 10.7 Å². The lowest BCUT2D eigenvalue weighted by molar-refractivity contribution is 0.588. The molecule has 10 heteroatoms. The molecule has 0 radical (unpaired) electrons. The van der Waals surface area contributed by atoms with E-state index in [1.807, 2.05) is 32.2 Å². The van der Waals surface area contributed by atoms with E-state index in [2.05, 4.69) is 20.6 Å². The predicted molar refractivity (Wildman–Crippen MR) is 126 cm³/mol. The molecule has 0 saturated carbocycles. The fraction of sp³-hybridized carbons (Fsp3) is 0.143. The standard InChI is InChI=1S/C21H20ClN5O2S.ClH/c1-14-8-21(25-12-19(14)22)26-16-5-6-18-15(10-23-2)13-27(20(18)9-16)30(28,29)17-4-3-7-24-11-17;/h3-9,11-13,23H,10H2,1-2H3,(H,25,26);1H. The van der Waals surface area contributed by atoms with E-state index in [0.717, 1.165) is 16.5 Å². The number of benzene rings is 1. The molecule has 7 nitrogen and oxygen atoms in total. The highest BCUT2D eigenvalue weighted by Gasteiger charge is 2.21. The summed E-state index contributed by atoms with van der Waals surface area (Å²) in [5.41, 5.74) is 3.06. The number of nitrogens with zero attached hydrogens (tertiary/aromatic N) is 3. The molecule has 0 aliphatic heterocycles. The Morgan fingerprint density at radius 3 is 2.65 bits per heavy atom. The maximum atomic E-state index is 13.3. The number of pyridine rings is 2. The summed E-state index contributed by atoms with van der Waals surface area (Å²) in [6.45, 7) is 2.44. The number of hydrogen-bond acceptors (Lipinski definition) is 6. The molecule has 3 aromatic heterocycles. The van der Waals surface area contributed by atoms with Gasteiger partial charge in [0.25, 0.3) is 10.0 Å². The quantitative estimate of drug-likeness (QED) is 0.424. The monoisotopic (exact) mass is 477 g/mol. The molecular formula is C21H21Cl2N5O2S. The molecule has 162 valence electrons. The van der Waals surface area contributed by atoms with E-state index in [4.69, 9.17) is 11.6 Å². The summed E-state index contributed by atoms with van der Waals surface area (Å²) in [7, 11) is -1.98. The van der Waals surface area contributed by atoms with Crippen LogP contribution in [-0.2, 0) is 16.6 Å². The Hall–Kier alpha value is -2.65. The van der Waals surface area contributed by atoms with Crippen molar-refractivity contribution >= 4 is 56.4 Å². The van der Waals surface area contributed by atoms with Crippen LogP contribution in [0.2, 0.25) is 5.02 Å². The first-order valence-corrected chi connectivity index (χ1v) is 11.1. The summed E-state index contributed by atoms with van der Waals surface area (Å²) in [5, 5.41) is 7.74. The molecule has 0 fully saturated rings. The van der Waals surface area contributed by atoms with E-state index in [0.29, 0.717) is 28.6 Å². The smallest absolute Gasteiger partial charge is 0.269 e. The third-order valence-corrected chi connectivity index (χ3v) is 6.78. The average Bonchev–Trinajstić information content (AvgIpc) is 3.10. The van der Waals surface area contributed by atoms with Crippen LogP contribution in [0.25, 0.3) is 10.9 Å². The fourth-order valence-electron chi connectivity index (χ4n) is 3.24. The molecule has 0 unspecified atom stereocenters. The van der Waals surface area contributed by atoms with Crippen molar-refractivity contribution in [1.82, 2.24) is 19.3 Å². The first-order chi connectivity index (χ1) is 14.4. The van der Waals surface area contributed by atoms with Crippen LogP contribution in [0.3, 0.4) is 0 Å². The number of halogens is 2. The first-order valence-electron chi connectivity index (χ1n) is 9.23. The maximum absolute atomic E-state index is 13.3. The summed E-state index contributed by atoms with van der Waals surface area (Å²) in [6.07, 6.45) is 6.13. The minimum Gasteiger partial charge on any atom is -0.340 e. The van der Waals surface area contributed by atoms with Gasteiger partial charge in [0.2, 0.25) is 0 Å². The number of aryl methyl sites for hydroxylation is 1. The molecule has 0 aliphatic carbocycles. The van der Waals surface area contributed by atoms with Gasteiger partial charge < -0.3 is 10.6 Å². The molecule has 4 rings (SSSR count). The van der Waals surface area contributed by atoms with Crippen molar-refractivity contribution in [2.45, 2.75) is 18.4 Å². The van der Waals surface area contributed by atoms with Gasteiger partial charge in [0.15, 0.2) is 0 Å². The van der Waals surface area contributed by atoms with E-state index < -0.39 is 10.0 Å². The van der Waals surface area contributed by atoms with Crippen LogP contribution in [0.5, 0.6) is 0 Å². The Bertz CT molecular complexity index is 1320. The number of aromatic nitrogens is 3. The van der Waals surface area contributed by atoms with Crippen LogP contribution in [0.1, 0.15) is 11.1 Å². The summed E-state index contributed by atoms with van der Waals surface area (Å²) in [6, 6.07) is 10.6. The number of hydrogen-bond donors (Lipinski definition) is 2. The van der Waals surface area contributed by atoms with E-state index in [1.54, 1.807) is 30.7 Å². The minimum atomic E-state index is -3.80. The van der Waals surface area contributed by atoms with Crippen LogP contribution in [0, 0.1) is 6.92 Å². The lowest BCUT2D eigenvalue weighted by Crippen LogP contribution is -2.12. The molecule has 3 heterocycles. The molecule has 0 amide bonds. The molecule has 2 N–H and O–H groups in total. The van der Waals surface area contributed by atoms with Crippen molar-refractivity contribution in [1.29, 1.82) is 0 Å². The highest BCUT2D eigenvalue weighted by molar-refractivity contribution is 7.90. The lowest BCUT2D eigenvalue weighted by atomic mass is 10.1. The highest BCUT2D eigenvalue weighted by atomic mass is 35.5. The molecular weight excluding hydrogens is 457 g/mol. The zero-order chi connectivity index (χ0) is 21.3. The van der Waals surface area contributed by atoms with E-state index >= 15 is 0 Å². The first kappa shape index (κ1) is 23.0. The minimum absolute atomic E-state index is 0. The van der Waals surface area contributed by atoms with Gasteiger partial charge in [0, 0.05) is 42.4 Å². The van der Waals surface area contributed by atoms with Gasteiger partial charge in [-0.3, -0.25) is 4.98 Å². The zero-order valence-electron chi connectivity index (χ0n) is 16.8. The molecule has 0 aliphatic rings. The van der Waals surface area contributed by atoms with Crippen molar-refractivity contribution < 1.29 is 8.42 Å². The number of rotatable bonds is 6. The van der Waals surface area contributed by atoms with Crippen molar-refractivity contribution in [3.8, 4) is 0 Å². The Kier molecular flexibility index (Phi) is 6.86. The number of nitrogens with one attached hydrogen (secondary N) is 2. The van der Waals surface area contributed by atoms with E-state index in [-0.39, 0.29) is 17.3 Å². The second kappa shape index (κ2) is 9.23. The Labute approximate surface area is 191 Å². The van der Waals surface area contributed by atoms with Crippen LogP contribution in [0.4, 0.5) is 11.5 Å². The SMILES string of the molecule is CNCc1cn(S(=O)(=O)c2cccnc2)c2cc(Nc3cc(C)c(Cl)cn3)ccc12.Cl. The van der Waals surface area contributed by atoms with E-state index in [9.17, 15) is 8.42 Å². The average molecular weight is 478 g/mol. The van der Waals surface area contributed by atoms with Crippen molar-refractivity contribution in [3.05, 3.63) is 77.3 Å². The third-order valence-electron chi connectivity index (χ3n) is 4.73. The van der Waals surface area contributed by atoms with Gasteiger partial charge in [-0.1, -0.05) is 17.7 Å². The number of anilines is 2. The van der Waals surface area contributed by atoms with Crippen LogP contribution < -0.4 is 10.6 Å². The van der Waals surface area contributed by atoms with Gasteiger partial charge in [-0.05, 0) is 55.4 Å². The summed E-state index contributed by atoms with van der Waals surface area (Å²) in [4.78, 5) is 8.36. The van der Waals surface area contributed by atoms with Crippen LogP contribution in [-0.4, -0.2) is 29.4 Å². The van der Waals surface area contributed by atoms with E-state index in [1.165, 1.54) is 16.2 Å². The fourth-order valence-corrected chi connectivity index (χ4v) is 4.69. The number of fused-ring (bicyclic) bond motifs is 1. The van der Waals surface area contributed by atoms with Crippen LogP contribution in [0.15, 0.2) is 66.1 Å². The molecule has 4 aromatic rings. The van der Waals surface area contributed by atoms with Crippen molar-refractivity contribution in [3.63, 3.8) is 0 Å². The van der Waals surface area contributed by atoms with Gasteiger partial charge in [-0.25, -0.2) is 17.4 Å². The Balaban J connectivity index is 0.00000272. The Morgan fingerprint density at radius 1 is 1.16 bits per heavy atom. The predicted octanol–water partition coefficient (Wildman–Crippen LogP) is 4.51. The largest absolute Gasteiger partial charge is 0.340 e. The summed E-state index contributed by atoms with van der Waals surface area (Å²) >= 11 is 6.05. The normalized spacial score (nSPS) is 11.3. The lowest BCUT2D eigenvalue weighted by Gasteiger charge is -2.10. The van der Waals surface area contributed by atoms with Crippen molar-refractivity contribution in [2.24, 2.45) is 0 Å². The topological polar surface area (TPSA) is 88.9 Å². The van der Waals surface area contributed by atoms with Crippen molar-refractivity contribution in [2.75, 3.05) is 12.4 Å². The molecule has 0 spiro atoms. The molecule has 0 saturated heterocycles. The maximum Gasteiger partial charge on any atom is 0.269 e. The Morgan fingerprint density at radius 2 is 1.97 bits per heavy atom. The third kappa shape index (κ3) is 4.52. The summed E-state index contributed by atoms with van der Waals surface area (Å²) < 4.78 is 27.8. The molecule has 1 aromatic carbocycles. The molecule has 0 atom stereocenters. The second-order valence-electron chi connectivity index (χ2n) is 6.85.